The number of aliphatic hydroxyl groups excluding tert-OH is 1. The van der Waals surface area contributed by atoms with Crippen molar-refractivity contribution in [2.24, 2.45) is 0 Å². The van der Waals surface area contributed by atoms with Gasteiger partial charge in [0.25, 0.3) is 5.91 Å². The maximum atomic E-state index is 13.5. The van der Waals surface area contributed by atoms with E-state index in [9.17, 15) is 14.7 Å². The average Bonchev–Trinajstić information content (AvgIpc) is 3.34. The van der Waals surface area contributed by atoms with Crippen molar-refractivity contribution in [1.29, 1.82) is 0 Å². The smallest absolute Gasteiger partial charge is 0.290 e. The lowest BCUT2D eigenvalue weighted by Gasteiger charge is -2.26. The number of hydrogen-bond donors (Lipinski definition) is 1. The van der Waals surface area contributed by atoms with Gasteiger partial charge in [-0.05, 0) is 42.0 Å². The summed E-state index contributed by atoms with van der Waals surface area (Å²) in [5.41, 5.74) is 1.01. The van der Waals surface area contributed by atoms with Gasteiger partial charge in [-0.15, -0.1) is 0 Å². The first kappa shape index (κ1) is 22.6. The van der Waals surface area contributed by atoms with Crippen LogP contribution >= 0.6 is 11.6 Å². The molecule has 0 aliphatic carbocycles. The zero-order chi connectivity index (χ0) is 23.5. The average molecular weight is 468 g/mol. The predicted octanol–water partition coefficient (Wildman–Crippen LogP) is 4.88. The minimum absolute atomic E-state index is 0.000676. The van der Waals surface area contributed by atoms with E-state index in [2.05, 4.69) is 6.58 Å². The lowest BCUT2D eigenvalue weighted by atomic mass is 9.95. The molecule has 0 saturated carbocycles. The molecule has 3 aromatic rings. The van der Waals surface area contributed by atoms with E-state index in [0.717, 1.165) is 0 Å². The van der Waals surface area contributed by atoms with Crippen LogP contribution in [-0.4, -0.2) is 48.6 Å². The topological polar surface area (TPSA) is 89.2 Å². The maximum Gasteiger partial charge on any atom is 0.290 e. The molecule has 8 heteroatoms. The van der Waals surface area contributed by atoms with Gasteiger partial charge in [-0.1, -0.05) is 36.4 Å². The number of aliphatic hydroxyl groups is 1. The fraction of sp³-hybridized carbons (Fsp3) is 0.200. The molecule has 0 fully saturated rings. The van der Waals surface area contributed by atoms with Crippen molar-refractivity contribution in [2.75, 3.05) is 26.9 Å². The molecule has 33 heavy (non-hydrogen) atoms. The van der Waals surface area contributed by atoms with Crippen LogP contribution in [0.3, 0.4) is 0 Å². The summed E-state index contributed by atoms with van der Waals surface area (Å²) in [4.78, 5) is 27.9. The van der Waals surface area contributed by atoms with Crippen molar-refractivity contribution in [2.45, 2.75) is 6.04 Å². The van der Waals surface area contributed by atoms with Crippen molar-refractivity contribution in [1.82, 2.24) is 4.90 Å². The molecule has 2 aromatic carbocycles. The van der Waals surface area contributed by atoms with Gasteiger partial charge in [0.05, 0.1) is 18.2 Å². The van der Waals surface area contributed by atoms with Crippen LogP contribution in [0.25, 0.3) is 11.0 Å². The van der Waals surface area contributed by atoms with Gasteiger partial charge in [0.2, 0.25) is 5.78 Å². The highest BCUT2D eigenvalue weighted by molar-refractivity contribution is 6.31. The maximum absolute atomic E-state index is 13.5. The van der Waals surface area contributed by atoms with Gasteiger partial charge < -0.3 is 23.9 Å². The second-order valence-electron chi connectivity index (χ2n) is 7.45. The van der Waals surface area contributed by atoms with Gasteiger partial charge >= 0.3 is 0 Å². The third-order valence-electron chi connectivity index (χ3n) is 5.33. The number of Topliss-reactive ketones (excluding diaryl/α,β-unsaturated/α-hetero) is 1. The second kappa shape index (κ2) is 9.52. The summed E-state index contributed by atoms with van der Waals surface area (Å²) in [6.45, 7) is 4.34. The van der Waals surface area contributed by atoms with Crippen LogP contribution in [0, 0.1) is 0 Å². The first-order chi connectivity index (χ1) is 15.9. The van der Waals surface area contributed by atoms with Gasteiger partial charge in [-0.25, -0.2) is 0 Å². The Kier molecular flexibility index (Phi) is 6.53. The standard InChI is InChI=1S/C25H22ClNO6/c1-3-10-32-18-6-4-5-15(13-18)22-21(24(29)25(30)27(22)9-11-31-2)23(28)20-14-16-12-17(26)7-8-19(16)33-20/h3-8,12-14,22,29H,1,9-11H2,2H3. The summed E-state index contributed by atoms with van der Waals surface area (Å²) >= 11 is 6.04. The predicted molar refractivity (Wildman–Crippen MR) is 124 cm³/mol. The quantitative estimate of drug-likeness (QED) is 0.356. The highest BCUT2D eigenvalue weighted by atomic mass is 35.5. The summed E-state index contributed by atoms with van der Waals surface area (Å²) in [5, 5.41) is 11.9. The van der Waals surface area contributed by atoms with E-state index in [0.29, 0.717) is 33.9 Å². The van der Waals surface area contributed by atoms with E-state index < -0.39 is 23.5 Å². The first-order valence-electron chi connectivity index (χ1n) is 10.2. The second-order valence-corrected chi connectivity index (χ2v) is 7.89. The highest BCUT2D eigenvalue weighted by Gasteiger charge is 2.44. The molecule has 1 N–H and O–H groups in total. The Morgan fingerprint density at radius 1 is 1.27 bits per heavy atom. The van der Waals surface area contributed by atoms with Gasteiger partial charge in [0.15, 0.2) is 11.5 Å². The molecule has 1 unspecified atom stereocenters. The SMILES string of the molecule is C=CCOc1cccc(C2C(C(=O)c3cc4cc(Cl)ccc4o3)=C(O)C(=O)N2CCOC)c1. The molecule has 0 radical (unpaired) electrons. The lowest BCUT2D eigenvalue weighted by molar-refractivity contribution is -0.130. The summed E-state index contributed by atoms with van der Waals surface area (Å²) < 4.78 is 16.5. The van der Waals surface area contributed by atoms with E-state index in [1.54, 1.807) is 54.6 Å². The van der Waals surface area contributed by atoms with Crippen LogP contribution in [0.15, 0.2) is 76.9 Å². The minimum atomic E-state index is -0.843. The van der Waals surface area contributed by atoms with Crippen LogP contribution in [-0.2, 0) is 9.53 Å². The third kappa shape index (κ3) is 4.37. The van der Waals surface area contributed by atoms with Gasteiger partial charge in [-0.3, -0.25) is 9.59 Å². The van der Waals surface area contributed by atoms with Crippen LogP contribution in [0.4, 0.5) is 0 Å². The number of rotatable bonds is 9. The number of fused-ring (bicyclic) bond motifs is 1. The Morgan fingerprint density at radius 3 is 2.85 bits per heavy atom. The normalized spacial score (nSPS) is 16.0. The van der Waals surface area contributed by atoms with Crippen LogP contribution in [0.5, 0.6) is 5.75 Å². The molecule has 2 heterocycles. The van der Waals surface area contributed by atoms with Crippen LogP contribution in [0.2, 0.25) is 5.02 Å². The Balaban J connectivity index is 1.78. The van der Waals surface area contributed by atoms with Crippen molar-refractivity contribution in [3.05, 3.63) is 88.9 Å². The summed E-state index contributed by atoms with van der Waals surface area (Å²) in [6.07, 6.45) is 1.62. The molecule has 170 valence electrons. The van der Waals surface area contributed by atoms with Gasteiger partial charge in [0.1, 0.15) is 17.9 Å². The fourth-order valence-electron chi connectivity index (χ4n) is 3.84. The largest absolute Gasteiger partial charge is 0.503 e. The molecule has 0 bridgehead atoms. The minimum Gasteiger partial charge on any atom is -0.503 e. The Hall–Kier alpha value is -3.55. The summed E-state index contributed by atoms with van der Waals surface area (Å²) in [5.74, 6) is -1.31. The Labute approximate surface area is 195 Å². The Morgan fingerprint density at radius 2 is 2.09 bits per heavy atom. The number of ketones is 1. The number of furan rings is 1. The zero-order valence-electron chi connectivity index (χ0n) is 17.9. The molecule has 0 spiro atoms. The number of carbonyl (C=O) groups is 2. The van der Waals surface area contributed by atoms with Gasteiger partial charge in [0, 0.05) is 24.1 Å². The van der Waals surface area contributed by atoms with Crippen LogP contribution in [0.1, 0.15) is 22.2 Å². The third-order valence-corrected chi connectivity index (χ3v) is 5.56. The molecular weight excluding hydrogens is 446 g/mol. The number of carbonyl (C=O) groups excluding carboxylic acids is 2. The van der Waals surface area contributed by atoms with E-state index >= 15 is 0 Å². The molecule has 0 saturated heterocycles. The van der Waals surface area contributed by atoms with E-state index in [1.807, 2.05) is 0 Å². The van der Waals surface area contributed by atoms with E-state index in [4.69, 9.17) is 25.5 Å². The molecule has 1 aliphatic rings. The number of nitrogens with zero attached hydrogens (tertiary/aromatic N) is 1. The number of benzene rings is 2. The first-order valence-corrected chi connectivity index (χ1v) is 10.6. The molecule has 1 atom stereocenters. The van der Waals surface area contributed by atoms with Crippen molar-refractivity contribution < 1.29 is 28.6 Å². The van der Waals surface area contributed by atoms with Crippen molar-refractivity contribution in [3.8, 4) is 5.75 Å². The van der Waals surface area contributed by atoms with Crippen LogP contribution < -0.4 is 4.74 Å². The molecule has 1 amide bonds. The number of ether oxygens (including phenoxy) is 2. The summed E-state index contributed by atoms with van der Waals surface area (Å²) in [7, 11) is 1.51. The van der Waals surface area contributed by atoms with Crippen molar-refractivity contribution >= 4 is 34.3 Å². The van der Waals surface area contributed by atoms with Gasteiger partial charge in [-0.2, -0.15) is 0 Å². The monoisotopic (exact) mass is 467 g/mol. The number of amides is 1. The van der Waals surface area contributed by atoms with Crippen molar-refractivity contribution in [3.63, 3.8) is 0 Å². The number of halogens is 1. The molecule has 1 aromatic heterocycles. The fourth-order valence-corrected chi connectivity index (χ4v) is 4.02. The number of hydrogen-bond acceptors (Lipinski definition) is 6. The molecule has 1 aliphatic heterocycles. The molecule has 4 rings (SSSR count). The Bertz CT molecular complexity index is 1260. The van der Waals surface area contributed by atoms with E-state index in [-0.39, 0.29) is 24.5 Å². The highest BCUT2D eigenvalue weighted by Crippen LogP contribution is 2.40. The molecular formula is C25H22ClNO6. The lowest BCUT2D eigenvalue weighted by Crippen LogP contribution is -2.34. The summed E-state index contributed by atoms with van der Waals surface area (Å²) in [6, 6.07) is 12.7. The van der Waals surface area contributed by atoms with E-state index in [1.165, 1.54) is 12.0 Å². The molecule has 7 nitrogen and oxygen atoms in total. The zero-order valence-corrected chi connectivity index (χ0v) is 18.7. The number of methoxy groups -OCH3 is 1.